The number of nitrogens with zero attached hydrogens (tertiary/aromatic N) is 1. The van der Waals surface area contributed by atoms with Crippen molar-refractivity contribution < 1.29 is 31.4 Å². The van der Waals surface area contributed by atoms with E-state index < -0.39 is 34.8 Å². The summed E-state index contributed by atoms with van der Waals surface area (Å²) in [6.45, 7) is 0. The van der Waals surface area contributed by atoms with E-state index in [1.54, 1.807) is 6.07 Å². The van der Waals surface area contributed by atoms with E-state index in [2.05, 4.69) is 4.98 Å². The first-order valence-corrected chi connectivity index (χ1v) is 6.04. The number of aromatic nitrogens is 1. The SMILES string of the molecule is OC1=C(c2nccc3ccccc23)C(F)(F)C(F)(F)C1(F)F. The number of halogens is 6. The average molecular weight is 319 g/mol. The number of fused-ring (bicyclic) bond motifs is 1. The van der Waals surface area contributed by atoms with Gasteiger partial charge in [0.25, 0.3) is 0 Å². The summed E-state index contributed by atoms with van der Waals surface area (Å²) in [4.78, 5) is 3.50. The van der Waals surface area contributed by atoms with Crippen LogP contribution in [-0.2, 0) is 0 Å². The van der Waals surface area contributed by atoms with Crippen molar-refractivity contribution in [3.8, 4) is 0 Å². The molecule has 0 saturated heterocycles. The molecule has 0 aliphatic heterocycles. The molecule has 1 N–H and O–H groups in total. The molecule has 22 heavy (non-hydrogen) atoms. The molecule has 0 spiro atoms. The lowest BCUT2D eigenvalue weighted by atomic mass is 10.0. The fourth-order valence-corrected chi connectivity index (χ4v) is 2.39. The van der Waals surface area contributed by atoms with Crippen LogP contribution >= 0.6 is 0 Å². The van der Waals surface area contributed by atoms with Crippen molar-refractivity contribution in [3.05, 3.63) is 48.0 Å². The molecule has 1 aliphatic carbocycles. The van der Waals surface area contributed by atoms with Crippen molar-refractivity contribution in [1.82, 2.24) is 4.98 Å². The maximum atomic E-state index is 13.9. The summed E-state index contributed by atoms with van der Waals surface area (Å²) in [6, 6.07) is 7.11. The second-order valence-electron chi connectivity index (χ2n) is 4.83. The number of aliphatic hydroxyl groups excluding tert-OH is 1. The predicted octanol–water partition coefficient (Wildman–Crippen LogP) is 4.42. The second-order valence-corrected chi connectivity index (χ2v) is 4.83. The Balaban J connectivity index is 2.37. The van der Waals surface area contributed by atoms with Crippen molar-refractivity contribution in [2.45, 2.75) is 17.8 Å². The number of alkyl halides is 6. The summed E-state index contributed by atoms with van der Waals surface area (Å²) in [7, 11) is 0. The molecule has 2 aromatic rings. The molecule has 0 fully saturated rings. The maximum Gasteiger partial charge on any atom is 0.384 e. The Hall–Kier alpha value is -2.25. The van der Waals surface area contributed by atoms with E-state index in [9.17, 15) is 31.4 Å². The van der Waals surface area contributed by atoms with Gasteiger partial charge >= 0.3 is 17.8 Å². The minimum absolute atomic E-state index is 0.0419. The second kappa shape index (κ2) is 4.15. The topological polar surface area (TPSA) is 33.1 Å². The Morgan fingerprint density at radius 1 is 0.864 bits per heavy atom. The van der Waals surface area contributed by atoms with E-state index in [0.29, 0.717) is 5.39 Å². The number of hydrogen-bond donors (Lipinski definition) is 1. The predicted molar refractivity (Wildman–Crippen MR) is 66.1 cm³/mol. The van der Waals surface area contributed by atoms with E-state index in [-0.39, 0.29) is 5.39 Å². The van der Waals surface area contributed by atoms with Crippen molar-refractivity contribution >= 4 is 16.3 Å². The molecule has 0 bridgehead atoms. The van der Waals surface area contributed by atoms with Crippen LogP contribution in [-0.4, -0.2) is 27.9 Å². The van der Waals surface area contributed by atoms with Crippen LogP contribution in [0.1, 0.15) is 5.69 Å². The summed E-state index contributed by atoms with van der Waals surface area (Å²) in [6.07, 6.45) is 1.02. The third-order valence-electron chi connectivity index (χ3n) is 3.55. The van der Waals surface area contributed by atoms with Gasteiger partial charge < -0.3 is 5.11 Å². The van der Waals surface area contributed by atoms with Crippen molar-refractivity contribution in [2.75, 3.05) is 0 Å². The number of rotatable bonds is 1. The van der Waals surface area contributed by atoms with Crippen LogP contribution in [0.4, 0.5) is 26.3 Å². The van der Waals surface area contributed by atoms with Crippen LogP contribution in [0.25, 0.3) is 16.3 Å². The fraction of sp³-hybridized carbons (Fsp3) is 0.214. The molecular weight excluding hydrogens is 312 g/mol. The minimum Gasteiger partial charge on any atom is -0.506 e. The average Bonchev–Trinajstić information content (AvgIpc) is 2.55. The third kappa shape index (κ3) is 1.55. The summed E-state index contributed by atoms with van der Waals surface area (Å²) < 4.78 is 81.2. The Kier molecular flexibility index (Phi) is 2.77. The van der Waals surface area contributed by atoms with Crippen LogP contribution in [0.2, 0.25) is 0 Å². The van der Waals surface area contributed by atoms with Crippen LogP contribution in [0.5, 0.6) is 0 Å². The van der Waals surface area contributed by atoms with Crippen LogP contribution in [0.3, 0.4) is 0 Å². The minimum atomic E-state index is -5.74. The molecule has 0 unspecified atom stereocenters. The Labute approximate surface area is 119 Å². The van der Waals surface area contributed by atoms with Crippen LogP contribution in [0.15, 0.2) is 42.3 Å². The lowest BCUT2D eigenvalue weighted by Gasteiger charge is -2.24. The molecular formula is C14H7F6NO. The highest BCUT2D eigenvalue weighted by Gasteiger charge is 2.81. The van der Waals surface area contributed by atoms with E-state index in [1.165, 1.54) is 24.3 Å². The fourth-order valence-electron chi connectivity index (χ4n) is 2.39. The zero-order valence-corrected chi connectivity index (χ0v) is 10.6. The van der Waals surface area contributed by atoms with Gasteiger partial charge in [0.15, 0.2) is 5.76 Å². The van der Waals surface area contributed by atoms with E-state index in [4.69, 9.17) is 0 Å². The molecule has 2 nitrogen and oxygen atoms in total. The van der Waals surface area contributed by atoms with E-state index in [1.807, 2.05) is 0 Å². The quantitative estimate of drug-likeness (QED) is 0.789. The molecule has 0 saturated carbocycles. The lowest BCUT2D eigenvalue weighted by Crippen LogP contribution is -2.49. The zero-order chi connectivity index (χ0) is 16.3. The Morgan fingerprint density at radius 2 is 1.50 bits per heavy atom. The van der Waals surface area contributed by atoms with Gasteiger partial charge in [-0.3, -0.25) is 4.98 Å². The van der Waals surface area contributed by atoms with Crippen LogP contribution in [0, 0.1) is 0 Å². The van der Waals surface area contributed by atoms with Gasteiger partial charge in [0.1, 0.15) is 0 Å². The number of allylic oxidation sites excluding steroid dienone is 2. The number of benzene rings is 1. The lowest BCUT2D eigenvalue weighted by molar-refractivity contribution is -0.266. The monoisotopic (exact) mass is 319 g/mol. The van der Waals surface area contributed by atoms with E-state index in [0.717, 1.165) is 6.20 Å². The number of aliphatic hydroxyl groups is 1. The van der Waals surface area contributed by atoms with E-state index >= 15 is 0 Å². The molecule has 8 heteroatoms. The molecule has 0 atom stereocenters. The molecule has 0 radical (unpaired) electrons. The smallest absolute Gasteiger partial charge is 0.384 e. The standard InChI is InChI=1S/C14H7F6NO/c15-12(16)9(11(22)13(17,18)14(12,19)20)10-8-4-2-1-3-7(8)5-6-21-10/h1-6,22H. The molecule has 0 amide bonds. The van der Waals surface area contributed by atoms with Crippen molar-refractivity contribution in [2.24, 2.45) is 0 Å². The first kappa shape index (κ1) is 14.7. The normalized spacial score (nSPS) is 22.3. The first-order valence-electron chi connectivity index (χ1n) is 6.04. The highest BCUT2D eigenvalue weighted by molar-refractivity contribution is 5.95. The van der Waals surface area contributed by atoms with Crippen molar-refractivity contribution in [1.29, 1.82) is 0 Å². The Morgan fingerprint density at radius 3 is 2.09 bits per heavy atom. The van der Waals surface area contributed by atoms with Gasteiger partial charge in [-0.1, -0.05) is 24.3 Å². The summed E-state index contributed by atoms with van der Waals surface area (Å²) >= 11 is 0. The molecule has 1 aliphatic rings. The first-order chi connectivity index (χ1) is 10.1. The highest BCUT2D eigenvalue weighted by Crippen LogP contribution is 2.61. The summed E-state index contributed by atoms with van der Waals surface area (Å²) in [5.41, 5.74) is -2.64. The molecule has 1 heterocycles. The van der Waals surface area contributed by atoms with Gasteiger partial charge in [0.05, 0.1) is 11.3 Å². The van der Waals surface area contributed by atoms with Crippen LogP contribution < -0.4 is 0 Å². The van der Waals surface area contributed by atoms with Gasteiger partial charge in [0, 0.05) is 11.6 Å². The van der Waals surface area contributed by atoms with Gasteiger partial charge in [-0.05, 0) is 11.5 Å². The van der Waals surface area contributed by atoms with Gasteiger partial charge in [-0.15, -0.1) is 0 Å². The third-order valence-corrected chi connectivity index (χ3v) is 3.55. The molecule has 1 aromatic heterocycles. The Bertz CT molecular complexity index is 794. The summed E-state index contributed by atoms with van der Waals surface area (Å²) in [5, 5.41) is 9.62. The largest absolute Gasteiger partial charge is 0.506 e. The number of hydrogen-bond acceptors (Lipinski definition) is 2. The molecule has 3 rings (SSSR count). The number of pyridine rings is 1. The molecule has 116 valence electrons. The van der Waals surface area contributed by atoms with Gasteiger partial charge in [-0.2, -0.15) is 26.3 Å². The van der Waals surface area contributed by atoms with Gasteiger partial charge in [-0.25, -0.2) is 0 Å². The highest BCUT2D eigenvalue weighted by atomic mass is 19.3. The summed E-state index contributed by atoms with van der Waals surface area (Å²) in [5.74, 6) is -18.7. The maximum absolute atomic E-state index is 13.9. The molecule has 1 aromatic carbocycles. The van der Waals surface area contributed by atoms with Gasteiger partial charge in [0.2, 0.25) is 0 Å². The van der Waals surface area contributed by atoms with Crippen molar-refractivity contribution in [3.63, 3.8) is 0 Å². The zero-order valence-electron chi connectivity index (χ0n) is 10.6.